The van der Waals surface area contributed by atoms with E-state index in [1.54, 1.807) is 27.7 Å². The van der Waals surface area contributed by atoms with Crippen LogP contribution in [0.1, 0.15) is 52.7 Å². The number of sulfone groups is 3. The summed E-state index contributed by atoms with van der Waals surface area (Å²) in [6.07, 6.45) is 5.75. The quantitative estimate of drug-likeness (QED) is 0.0212. The number of nitrogens with one attached hydrogen (secondary N) is 4. The Morgan fingerprint density at radius 2 is 0.873 bits per heavy atom. The summed E-state index contributed by atoms with van der Waals surface area (Å²) in [5, 5.41) is 9.89. The highest BCUT2D eigenvalue weighted by molar-refractivity contribution is 7.91. The first-order valence-corrected chi connectivity index (χ1v) is 35.6. The average Bonchev–Trinajstić information content (AvgIpc) is 1.24. The number of carbonyl (C=O) groups excluding carboxylic acids is 1. The first-order valence-electron chi connectivity index (χ1n) is 29.1. The number of aromatic nitrogens is 8. The zero-order valence-electron chi connectivity index (χ0n) is 54.5. The van der Waals surface area contributed by atoms with Crippen molar-refractivity contribution >= 4 is 75.1 Å². The second kappa shape index (κ2) is 33.8. The number of amidine groups is 1. The van der Waals surface area contributed by atoms with Gasteiger partial charge < -0.3 is 33.7 Å². The van der Waals surface area contributed by atoms with E-state index in [4.69, 9.17) is 40.0 Å². The van der Waals surface area contributed by atoms with Crippen molar-refractivity contribution in [2.75, 3.05) is 41.3 Å². The van der Waals surface area contributed by atoms with Crippen LogP contribution in [-0.4, -0.2) is 142 Å². The Bertz CT molecular complexity index is 4970. The molecule has 0 aliphatic rings. The number of aliphatic imine (C=N–C) groups is 2. The highest BCUT2D eigenvalue weighted by atomic mass is 35.5. The van der Waals surface area contributed by atoms with E-state index in [1.165, 1.54) is 20.0 Å². The first kappa shape index (κ1) is 78.8. The lowest BCUT2D eigenvalue weighted by atomic mass is 10.2. The number of H-pyrrole nitrogens is 1. The summed E-state index contributed by atoms with van der Waals surface area (Å²) in [7, 11) is -10.0. The third-order valence-corrected chi connectivity index (χ3v) is 15.7. The minimum absolute atomic E-state index is 0.0623. The van der Waals surface area contributed by atoms with Crippen LogP contribution in [0.15, 0.2) is 120 Å². The first-order chi connectivity index (χ1) is 47.6. The number of ether oxygens (including phenoxy) is 6. The van der Waals surface area contributed by atoms with Crippen molar-refractivity contribution in [3.8, 4) is 58.5 Å². The molecule has 0 saturated carbocycles. The van der Waals surface area contributed by atoms with Gasteiger partial charge in [-0.1, -0.05) is 11.6 Å². The predicted octanol–water partition coefficient (Wildman–Crippen LogP) is 12.1. The van der Waals surface area contributed by atoms with Crippen LogP contribution in [0.2, 0.25) is 0 Å². The lowest BCUT2D eigenvalue weighted by Gasteiger charge is -2.21. The van der Waals surface area contributed by atoms with Crippen molar-refractivity contribution in [1.29, 1.82) is 0 Å². The zero-order chi connectivity index (χ0) is 75.2. The summed E-state index contributed by atoms with van der Waals surface area (Å²) in [6, 6.07) is 9.62. The van der Waals surface area contributed by atoms with Crippen molar-refractivity contribution in [3.63, 3.8) is 0 Å². The molecule has 5 aromatic carbocycles. The number of halogens is 11. The Labute approximate surface area is 579 Å². The molecule has 0 bridgehead atoms. The summed E-state index contributed by atoms with van der Waals surface area (Å²) >= 11 is 6.22. The number of anilines is 1. The van der Waals surface area contributed by atoms with Crippen LogP contribution in [0.4, 0.5) is 54.5 Å². The van der Waals surface area contributed by atoms with Gasteiger partial charge >= 0.3 is 24.1 Å². The summed E-state index contributed by atoms with van der Waals surface area (Å²) in [4.78, 5) is 44.4. The highest BCUT2D eigenvalue weighted by Crippen LogP contribution is 2.34. The molecule has 0 fully saturated rings. The van der Waals surface area contributed by atoms with E-state index in [0.717, 1.165) is 91.8 Å². The number of amides is 1. The number of hydrogen-bond donors (Lipinski definition) is 4. The average molecular weight is 1510 g/mol. The van der Waals surface area contributed by atoms with Gasteiger partial charge in [0, 0.05) is 73.7 Å². The van der Waals surface area contributed by atoms with Gasteiger partial charge in [0.1, 0.15) is 69.4 Å². The second-order valence-corrected chi connectivity index (χ2v) is 29.7. The molecule has 9 aromatic rings. The molecule has 9 rings (SSSR count). The molecular weight excluding hydrogens is 1460 g/mol. The smallest absolute Gasteiger partial charge is 0.426 e. The van der Waals surface area contributed by atoms with Gasteiger partial charge in [-0.25, -0.2) is 94.3 Å². The maximum atomic E-state index is 14.5. The molecule has 0 radical (unpaired) electrons. The Hall–Kier alpha value is -10.5. The van der Waals surface area contributed by atoms with Crippen LogP contribution in [0.3, 0.4) is 0 Å². The molecule has 544 valence electrons. The largest absolute Gasteiger partial charge is 0.443 e. The molecule has 26 nitrogen and oxygen atoms in total. The molecule has 0 spiro atoms. The topological polar surface area (TPSA) is 342 Å². The molecule has 0 unspecified atom stereocenters. The molecular formula is C62H58ClF10N13O13S3. The van der Waals surface area contributed by atoms with Crippen LogP contribution in [-0.2, 0) is 34.2 Å². The number of aromatic amines is 1. The zero-order valence-corrected chi connectivity index (χ0v) is 57.7. The van der Waals surface area contributed by atoms with Gasteiger partial charge in [-0.05, 0) is 102 Å². The third kappa shape index (κ3) is 25.0. The number of rotatable bonds is 22. The maximum absolute atomic E-state index is 14.5. The normalized spacial score (nSPS) is 12.9. The van der Waals surface area contributed by atoms with Crippen LogP contribution >= 0.6 is 11.6 Å². The molecule has 3 atom stereocenters. The minimum atomic E-state index is -3.50. The predicted molar refractivity (Wildman–Crippen MR) is 350 cm³/mol. The second-order valence-electron chi connectivity index (χ2n) is 22.8. The summed E-state index contributed by atoms with van der Waals surface area (Å²) in [6.45, 7) is 9.53. The van der Waals surface area contributed by atoms with Gasteiger partial charge in [0.15, 0.2) is 75.1 Å². The highest BCUT2D eigenvalue weighted by Gasteiger charge is 2.25. The van der Waals surface area contributed by atoms with Gasteiger partial charge in [0.25, 0.3) is 0 Å². The lowest BCUT2D eigenvalue weighted by Crippen LogP contribution is -2.45. The Balaban J connectivity index is 0.000000220. The molecule has 0 aliphatic heterocycles. The molecule has 0 aliphatic carbocycles. The fraction of sp³-hybridized carbons (Fsp3) is 0.258. The molecule has 102 heavy (non-hydrogen) atoms. The van der Waals surface area contributed by atoms with E-state index in [2.05, 4.69) is 66.3 Å². The number of fused-ring (bicyclic) bond motifs is 1. The summed E-state index contributed by atoms with van der Waals surface area (Å²) in [5.74, 6) is -12.9. The lowest BCUT2D eigenvalue weighted by molar-refractivity contribution is 0.0512. The van der Waals surface area contributed by atoms with Gasteiger partial charge in [0.05, 0.1) is 45.9 Å². The van der Waals surface area contributed by atoms with Gasteiger partial charge in [-0.15, -0.1) is 0 Å². The summed E-state index contributed by atoms with van der Waals surface area (Å²) in [5.41, 5.74) is 3.91. The van der Waals surface area contributed by atoms with Crippen molar-refractivity contribution in [2.24, 2.45) is 9.98 Å². The molecule has 4 aromatic heterocycles. The van der Waals surface area contributed by atoms with E-state index in [-0.39, 0.29) is 51.4 Å². The van der Waals surface area contributed by atoms with Crippen molar-refractivity contribution < 1.29 is 102 Å². The molecule has 4 heterocycles. The fourth-order valence-electron chi connectivity index (χ4n) is 8.25. The van der Waals surface area contributed by atoms with E-state index in [0.29, 0.717) is 47.2 Å². The number of benzene rings is 5. The molecule has 0 saturated heterocycles. The number of carbonyl (C=O) groups is 1. The fourth-order valence-corrected chi connectivity index (χ4v) is 11.4. The Kier molecular flexibility index (Phi) is 26.1. The maximum Gasteiger partial charge on any atom is 0.426 e. The van der Waals surface area contributed by atoms with E-state index >= 15 is 0 Å². The van der Waals surface area contributed by atoms with Crippen LogP contribution in [0.5, 0.6) is 58.5 Å². The molecule has 4 N–H and O–H groups in total. The number of nitrogens with zero attached hydrogens (tertiary/aromatic N) is 9. The number of hydrogen-bond acceptors (Lipinski definition) is 23. The summed E-state index contributed by atoms with van der Waals surface area (Å²) < 4.78 is 238. The van der Waals surface area contributed by atoms with Crippen molar-refractivity contribution in [3.05, 3.63) is 179 Å². The SMILES string of the molecule is C[C@H](CS(C)(=O)=O)N=C(Cl)c1cnc(Oc2ccc(F)cc2F)nc1Oc1ccc(F)cc1F.C[C@H](CS(C)(=O)=O)N=C(NNC(=O)OC(C)(C)C)c1cnc(Oc2ccc(F)cc2F)nc1Oc1ccc(F)cc1F.C[C@H](CS(C)(=O)=O)Nc1n[nH]c2nc(Oc3ccc(F)cc3F)ncc12. The van der Waals surface area contributed by atoms with Gasteiger partial charge in [0.2, 0.25) is 11.8 Å². The van der Waals surface area contributed by atoms with Gasteiger partial charge in [-0.2, -0.15) is 20.1 Å². The van der Waals surface area contributed by atoms with Crippen LogP contribution in [0, 0.1) is 58.2 Å². The Morgan fingerprint density at radius 3 is 1.26 bits per heavy atom. The van der Waals surface area contributed by atoms with Crippen LogP contribution in [0.25, 0.3) is 11.0 Å². The Morgan fingerprint density at radius 1 is 0.510 bits per heavy atom. The van der Waals surface area contributed by atoms with Crippen LogP contribution < -0.4 is 39.9 Å². The van der Waals surface area contributed by atoms with Crippen molar-refractivity contribution in [2.45, 2.75) is 65.3 Å². The van der Waals surface area contributed by atoms with Gasteiger partial charge in [-0.3, -0.25) is 20.5 Å². The molecule has 40 heteroatoms. The third-order valence-electron chi connectivity index (χ3n) is 12.1. The monoisotopic (exact) mass is 1510 g/mol. The minimum Gasteiger partial charge on any atom is -0.443 e. The van der Waals surface area contributed by atoms with E-state index < -0.39 is 164 Å². The standard InChI is InChI=1S/C26H27F4N5O6S.C21H16ClF4N3O4S.C15H15F2N5O3S/c1-14(13-42(5,37)38)32-22(34-35-25(36)41-26(2,3)4)17-12-31-24(40-21-9-7-16(28)11-19(21)30)33-23(17)39-20-8-6-15(27)10-18(20)29;1-11(10-34(2,30)31)28-19(22)14-9-27-21(33-18-6-4-13(24)8-16(18)26)29-20(14)32-17-5-3-12(23)7-15(17)25;1-8(7-26(2,23)24)19-13-10-6-18-15(20-14(10)22-21-13)25-12-4-3-9(16)5-11(12)17/h6-12,14H,13H2,1-5H3,(H,32,34)(H,35,36);3-9,11H,10H2,1-2H3;3-6,8H,7H2,1-2H3,(H2,18,19,20,21,22)/t14-;11-;8-/m111/s1. The van der Waals surface area contributed by atoms with E-state index in [9.17, 15) is 74.0 Å². The molecule has 1 amide bonds. The van der Waals surface area contributed by atoms with E-state index in [1.807, 2.05) is 0 Å². The number of hydrazine groups is 1. The van der Waals surface area contributed by atoms with Crippen molar-refractivity contribution in [1.82, 2.24) is 51.0 Å².